The normalized spacial score (nSPS) is 11.4. The second-order valence-corrected chi connectivity index (χ2v) is 5.01. The third-order valence-corrected chi connectivity index (χ3v) is 3.10. The fourth-order valence-corrected chi connectivity index (χ4v) is 2.02. The molecule has 6 heteroatoms. The summed E-state index contributed by atoms with van der Waals surface area (Å²) >= 11 is 3.14. The van der Waals surface area contributed by atoms with Crippen LogP contribution in [0.1, 0.15) is 11.1 Å². The van der Waals surface area contributed by atoms with Gasteiger partial charge in [-0.05, 0) is 35.9 Å². The van der Waals surface area contributed by atoms with Gasteiger partial charge in [-0.1, -0.05) is 28.1 Å². The molecule has 0 fully saturated rings. The zero-order chi connectivity index (χ0) is 14.8. The molecule has 0 saturated carbocycles. The van der Waals surface area contributed by atoms with Crippen LogP contribution in [0.25, 0.3) is 0 Å². The summed E-state index contributed by atoms with van der Waals surface area (Å²) in [5, 5.41) is 0. The average molecular weight is 346 g/mol. The minimum absolute atomic E-state index is 0.249. The van der Waals surface area contributed by atoms with Crippen molar-refractivity contribution < 1.29 is 17.9 Å². The van der Waals surface area contributed by atoms with Gasteiger partial charge < -0.3 is 10.5 Å². The van der Waals surface area contributed by atoms with Gasteiger partial charge in [-0.15, -0.1) is 0 Å². The first-order chi connectivity index (χ1) is 9.40. The Morgan fingerprint density at radius 2 is 1.85 bits per heavy atom. The lowest BCUT2D eigenvalue weighted by molar-refractivity contribution is -0.138. The number of rotatable bonds is 3. The molecule has 2 nitrogen and oxygen atoms in total. The Bertz CT molecular complexity index is 614. The quantitative estimate of drug-likeness (QED) is 0.873. The number of halogens is 4. The maximum absolute atomic E-state index is 12.9. The van der Waals surface area contributed by atoms with Gasteiger partial charge in [0.05, 0.1) is 5.56 Å². The maximum Gasteiger partial charge on any atom is 0.419 e. The molecule has 2 aromatic carbocycles. The first-order valence-electron chi connectivity index (χ1n) is 5.74. The third-order valence-electron chi connectivity index (χ3n) is 2.61. The molecule has 0 radical (unpaired) electrons. The lowest BCUT2D eigenvalue weighted by Crippen LogP contribution is -2.07. The largest absolute Gasteiger partial charge is 0.457 e. The molecular formula is C14H11BrF3NO. The molecule has 0 amide bonds. The van der Waals surface area contributed by atoms with Gasteiger partial charge in [0.15, 0.2) is 0 Å². The second-order valence-electron chi connectivity index (χ2n) is 4.09. The lowest BCUT2D eigenvalue weighted by atomic mass is 10.2. The standard InChI is InChI=1S/C14H11BrF3NO/c15-10-4-5-12(14(16,17)18)13(7-10)20-11-3-1-2-9(6-11)8-19/h1-7H,8,19H2. The minimum Gasteiger partial charge on any atom is -0.457 e. The van der Waals surface area contributed by atoms with Crippen molar-refractivity contribution in [3.8, 4) is 11.5 Å². The van der Waals surface area contributed by atoms with Gasteiger partial charge in [-0.2, -0.15) is 13.2 Å². The summed E-state index contributed by atoms with van der Waals surface area (Å²) in [5.74, 6) is 0.0672. The molecule has 0 bridgehead atoms. The van der Waals surface area contributed by atoms with Crippen molar-refractivity contribution in [3.63, 3.8) is 0 Å². The van der Waals surface area contributed by atoms with E-state index >= 15 is 0 Å². The number of nitrogens with two attached hydrogens (primary N) is 1. The van der Waals surface area contributed by atoms with Crippen LogP contribution in [0.2, 0.25) is 0 Å². The Hall–Kier alpha value is -1.53. The number of alkyl halides is 3. The van der Waals surface area contributed by atoms with E-state index in [0.717, 1.165) is 11.6 Å². The molecule has 0 aliphatic carbocycles. The van der Waals surface area contributed by atoms with Crippen LogP contribution in [0.4, 0.5) is 13.2 Å². The van der Waals surface area contributed by atoms with Crippen LogP contribution in [0.5, 0.6) is 11.5 Å². The molecule has 0 aromatic heterocycles. The molecule has 2 N–H and O–H groups in total. The van der Waals surface area contributed by atoms with E-state index in [0.29, 0.717) is 16.8 Å². The van der Waals surface area contributed by atoms with Crippen molar-refractivity contribution in [2.24, 2.45) is 5.73 Å². The first kappa shape index (κ1) is 14.9. The minimum atomic E-state index is -4.47. The molecule has 0 aliphatic heterocycles. The zero-order valence-electron chi connectivity index (χ0n) is 10.2. The molecule has 106 valence electrons. The van der Waals surface area contributed by atoms with Crippen molar-refractivity contribution in [2.75, 3.05) is 0 Å². The molecule has 2 aromatic rings. The number of benzene rings is 2. The van der Waals surface area contributed by atoms with E-state index in [2.05, 4.69) is 15.9 Å². The van der Waals surface area contributed by atoms with Crippen LogP contribution >= 0.6 is 15.9 Å². The Morgan fingerprint density at radius 3 is 2.50 bits per heavy atom. The lowest BCUT2D eigenvalue weighted by Gasteiger charge is -2.14. The highest BCUT2D eigenvalue weighted by Crippen LogP contribution is 2.39. The SMILES string of the molecule is NCc1cccc(Oc2cc(Br)ccc2C(F)(F)F)c1. The van der Waals surface area contributed by atoms with Crippen LogP contribution in [-0.2, 0) is 12.7 Å². The smallest absolute Gasteiger partial charge is 0.419 e. The summed E-state index contributed by atoms with van der Waals surface area (Å²) in [6.45, 7) is 0.293. The van der Waals surface area contributed by atoms with Crippen molar-refractivity contribution in [1.82, 2.24) is 0 Å². The molecule has 0 unspecified atom stereocenters. The molecule has 0 aliphatic rings. The average Bonchev–Trinajstić information content (AvgIpc) is 2.37. The number of hydrogen-bond donors (Lipinski definition) is 1. The van der Waals surface area contributed by atoms with Crippen LogP contribution in [0.3, 0.4) is 0 Å². The van der Waals surface area contributed by atoms with Gasteiger partial charge in [0.1, 0.15) is 11.5 Å². The predicted octanol–water partition coefficient (Wildman–Crippen LogP) is 4.72. The molecule has 0 atom stereocenters. The van der Waals surface area contributed by atoms with Crippen molar-refractivity contribution in [2.45, 2.75) is 12.7 Å². The fraction of sp³-hybridized carbons (Fsp3) is 0.143. The second kappa shape index (κ2) is 5.85. The van der Waals surface area contributed by atoms with Gasteiger partial charge in [0, 0.05) is 11.0 Å². The van der Waals surface area contributed by atoms with Crippen molar-refractivity contribution in [3.05, 3.63) is 58.1 Å². The third kappa shape index (κ3) is 3.52. The summed E-state index contributed by atoms with van der Waals surface area (Å²) in [7, 11) is 0. The molecular weight excluding hydrogens is 335 g/mol. The highest BCUT2D eigenvalue weighted by atomic mass is 79.9. The van der Waals surface area contributed by atoms with Crippen LogP contribution in [0, 0.1) is 0 Å². The number of ether oxygens (including phenoxy) is 1. The van der Waals surface area contributed by atoms with Gasteiger partial charge in [0.25, 0.3) is 0 Å². The van der Waals surface area contributed by atoms with Crippen molar-refractivity contribution >= 4 is 15.9 Å². The van der Waals surface area contributed by atoms with E-state index < -0.39 is 11.7 Å². The van der Waals surface area contributed by atoms with E-state index in [1.165, 1.54) is 12.1 Å². The highest BCUT2D eigenvalue weighted by Gasteiger charge is 2.34. The van der Waals surface area contributed by atoms with Gasteiger partial charge in [-0.3, -0.25) is 0 Å². The topological polar surface area (TPSA) is 35.2 Å². The Kier molecular flexibility index (Phi) is 4.35. The van der Waals surface area contributed by atoms with E-state index in [9.17, 15) is 13.2 Å². The van der Waals surface area contributed by atoms with Crippen LogP contribution in [-0.4, -0.2) is 0 Å². The molecule has 20 heavy (non-hydrogen) atoms. The summed E-state index contributed by atoms with van der Waals surface area (Å²) in [4.78, 5) is 0. The van der Waals surface area contributed by atoms with Gasteiger partial charge in [-0.25, -0.2) is 0 Å². The highest BCUT2D eigenvalue weighted by molar-refractivity contribution is 9.10. The van der Waals surface area contributed by atoms with Crippen LogP contribution in [0.15, 0.2) is 46.9 Å². The fourth-order valence-electron chi connectivity index (χ4n) is 1.68. The van der Waals surface area contributed by atoms with E-state index in [1.54, 1.807) is 24.3 Å². The van der Waals surface area contributed by atoms with Crippen LogP contribution < -0.4 is 10.5 Å². The molecule has 0 saturated heterocycles. The van der Waals surface area contributed by atoms with E-state index in [4.69, 9.17) is 10.5 Å². The number of hydrogen-bond acceptors (Lipinski definition) is 2. The predicted molar refractivity (Wildman–Crippen MR) is 73.6 cm³/mol. The molecule has 2 rings (SSSR count). The maximum atomic E-state index is 12.9. The summed E-state index contributed by atoms with van der Waals surface area (Å²) < 4.78 is 44.6. The zero-order valence-corrected chi connectivity index (χ0v) is 11.8. The monoisotopic (exact) mass is 345 g/mol. The Morgan fingerprint density at radius 1 is 1.10 bits per heavy atom. The Balaban J connectivity index is 2.39. The Labute approximate surface area is 122 Å². The molecule has 0 heterocycles. The summed E-state index contributed by atoms with van der Waals surface area (Å²) in [6.07, 6.45) is -4.47. The van der Waals surface area contributed by atoms with E-state index in [1.807, 2.05) is 0 Å². The summed E-state index contributed by atoms with van der Waals surface area (Å²) in [5.41, 5.74) is 5.46. The summed E-state index contributed by atoms with van der Waals surface area (Å²) in [6, 6.07) is 10.2. The first-order valence-corrected chi connectivity index (χ1v) is 6.53. The molecule has 0 spiro atoms. The van der Waals surface area contributed by atoms with Gasteiger partial charge >= 0.3 is 6.18 Å². The van der Waals surface area contributed by atoms with Gasteiger partial charge in [0.2, 0.25) is 0 Å². The van der Waals surface area contributed by atoms with Crippen molar-refractivity contribution in [1.29, 1.82) is 0 Å². The van der Waals surface area contributed by atoms with E-state index in [-0.39, 0.29) is 5.75 Å².